The Morgan fingerprint density at radius 2 is 2.19 bits per heavy atom. The van der Waals surface area contributed by atoms with Crippen LogP contribution in [0.1, 0.15) is 12.8 Å². The van der Waals surface area contributed by atoms with Gasteiger partial charge in [0.1, 0.15) is 5.82 Å². The molecule has 2 N–H and O–H groups in total. The van der Waals surface area contributed by atoms with Crippen molar-refractivity contribution in [3.05, 3.63) is 29.0 Å². The minimum atomic E-state index is -3.69. The smallest absolute Gasteiger partial charge is 0.301 e. The van der Waals surface area contributed by atoms with E-state index in [4.69, 9.17) is 11.6 Å². The first-order chi connectivity index (χ1) is 9.90. The number of halogens is 2. The van der Waals surface area contributed by atoms with Gasteiger partial charge in [-0.1, -0.05) is 11.6 Å². The van der Waals surface area contributed by atoms with E-state index in [0.29, 0.717) is 13.1 Å². The van der Waals surface area contributed by atoms with Crippen LogP contribution in [0.2, 0.25) is 5.02 Å². The molecule has 5 nitrogen and oxygen atoms in total. The number of rotatable bonds is 5. The average molecular weight is 336 g/mol. The van der Waals surface area contributed by atoms with Crippen LogP contribution in [-0.2, 0) is 10.2 Å². The quantitative estimate of drug-likeness (QED) is 0.866. The molecule has 1 atom stereocenters. The molecule has 2 rings (SSSR count). The number of anilines is 1. The summed E-state index contributed by atoms with van der Waals surface area (Å²) >= 11 is 5.73. The van der Waals surface area contributed by atoms with Crippen molar-refractivity contribution in [3.8, 4) is 0 Å². The van der Waals surface area contributed by atoms with Gasteiger partial charge < -0.3 is 5.32 Å². The van der Waals surface area contributed by atoms with Crippen LogP contribution in [0.25, 0.3) is 0 Å². The predicted molar refractivity (Wildman–Crippen MR) is 82.2 cm³/mol. The van der Waals surface area contributed by atoms with Crippen LogP contribution in [0.15, 0.2) is 18.2 Å². The Morgan fingerprint density at radius 3 is 2.86 bits per heavy atom. The van der Waals surface area contributed by atoms with Gasteiger partial charge >= 0.3 is 10.2 Å². The second kappa shape index (κ2) is 6.91. The van der Waals surface area contributed by atoms with Crippen molar-refractivity contribution in [1.82, 2.24) is 9.62 Å². The molecule has 118 valence electrons. The first kappa shape index (κ1) is 16.5. The summed E-state index contributed by atoms with van der Waals surface area (Å²) in [4.78, 5) is 0. The highest BCUT2D eigenvalue weighted by Gasteiger charge is 2.28. The Bertz CT molecular complexity index is 575. The van der Waals surface area contributed by atoms with Crippen molar-refractivity contribution < 1.29 is 12.8 Å². The molecule has 0 bridgehead atoms. The summed E-state index contributed by atoms with van der Waals surface area (Å²) in [6.07, 6.45) is 1.82. The third kappa shape index (κ3) is 4.54. The van der Waals surface area contributed by atoms with Gasteiger partial charge in [-0.25, -0.2) is 4.39 Å². The lowest BCUT2D eigenvalue weighted by atomic mass is 10.00. The van der Waals surface area contributed by atoms with Crippen molar-refractivity contribution in [3.63, 3.8) is 0 Å². The van der Waals surface area contributed by atoms with Crippen LogP contribution in [0.3, 0.4) is 0 Å². The number of hydrogen-bond acceptors (Lipinski definition) is 3. The maximum atomic E-state index is 13.3. The van der Waals surface area contributed by atoms with E-state index in [1.165, 1.54) is 10.4 Å². The van der Waals surface area contributed by atoms with E-state index >= 15 is 0 Å². The summed E-state index contributed by atoms with van der Waals surface area (Å²) in [5, 5.41) is 3.22. The zero-order valence-corrected chi connectivity index (χ0v) is 13.3. The number of piperidine rings is 1. The van der Waals surface area contributed by atoms with Gasteiger partial charge in [-0.05, 0) is 50.6 Å². The number of nitrogens with zero attached hydrogens (tertiary/aromatic N) is 1. The zero-order valence-electron chi connectivity index (χ0n) is 11.8. The standard InChI is InChI=1S/C13H19ClFN3O2S/c1-16-8-10-3-2-4-18(9-10)21(19,20)17-13-6-11(14)5-12(15)7-13/h5-7,10,16-17H,2-4,8-9H2,1H3. The molecule has 0 aromatic heterocycles. The van der Waals surface area contributed by atoms with Crippen LogP contribution in [-0.4, -0.2) is 39.4 Å². The third-order valence-electron chi connectivity index (χ3n) is 3.42. The fourth-order valence-corrected chi connectivity index (χ4v) is 4.07. The van der Waals surface area contributed by atoms with Gasteiger partial charge in [0.15, 0.2) is 0 Å². The SMILES string of the molecule is CNCC1CCCN(S(=O)(=O)Nc2cc(F)cc(Cl)c2)C1. The largest absolute Gasteiger partial charge is 0.319 e. The highest BCUT2D eigenvalue weighted by atomic mass is 35.5. The van der Waals surface area contributed by atoms with Gasteiger partial charge in [-0.2, -0.15) is 12.7 Å². The second-order valence-electron chi connectivity index (χ2n) is 5.19. The van der Waals surface area contributed by atoms with Crippen LogP contribution in [0.5, 0.6) is 0 Å². The molecular weight excluding hydrogens is 317 g/mol. The van der Waals surface area contributed by atoms with E-state index in [0.717, 1.165) is 31.5 Å². The monoisotopic (exact) mass is 335 g/mol. The summed E-state index contributed by atoms with van der Waals surface area (Å²) < 4.78 is 41.8. The topological polar surface area (TPSA) is 61.4 Å². The number of hydrogen-bond donors (Lipinski definition) is 2. The molecule has 0 spiro atoms. The molecule has 0 saturated carbocycles. The summed E-state index contributed by atoms with van der Waals surface area (Å²) in [6, 6.07) is 3.62. The lowest BCUT2D eigenvalue weighted by Crippen LogP contribution is -2.44. The van der Waals surface area contributed by atoms with Crippen LogP contribution in [0.4, 0.5) is 10.1 Å². The molecule has 1 fully saturated rings. The highest BCUT2D eigenvalue weighted by molar-refractivity contribution is 7.90. The number of nitrogens with one attached hydrogen (secondary N) is 2. The zero-order chi connectivity index (χ0) is 15.5. The molecule has 0 amide bonds. The molecule has 1 aromatic carbocycles. The van der Waals surface area contributed by atoms with Crippen LogP contribution < -0.4 is 10.0 Å². The fourth-order valence-electron chi connectivity index (χ4n) is 2.53. The number of benzene rings is 1. The van der Waals surface area contributed by atoms with Crippen LogP contribution in [0, 0.1) is 11.7 Å². The Morgan fingerprint density at radius 1 is 1.43 bits per heavy atom. The fraction of sp³-hybridized carbons (Fsp3) is 0.538. The maximum Gasteiger partial charge on any atom is 0.301 e. The van der Waals surface area contributed by atoms with E-state index in [9.17, 15) is 12.8 Å². The third-order valence-corrected chi connectivity index (χ3v) is 5.15. The maximum absolute atomic E-state index is 13.3. The highest BCUT2D eigenvalue weighted by Crippen LogP contribution is 2.23. The molecule has 0 aliphatic carbocycles. The van der Waals surface area contributed by atoms with Gasteiger partial charge in [-0.3, -0.25) is 4.72 Å². The molecule has 21 heavy (non-hydrogen) atoms. The predicted octanol–water partition coefficient (Wildman–Crippen LogP) is 2.07. The van der Waals surface area contributed by atoms with Crippen molar-refractivity contribution in [2.45, 2.75) is 12.8 Å². The molecular formula is C13H19ClFN3O2S. The van der Waals surface area contributed by atoms with Crippen LogP contribution >= 0.6 is 11.6 Å². The van der Waals surface area contributed by atoms with Crippen molar-refractivity contribution in [2.75, 3.05) is 31.4 Å². The molecule has 1 heterocycles. The van der Waals surface area contributed by atoms with Crippen molar-refractivity contribution in [1.29, 1.82) is 0 Å². The first-order valence-corrected chi connectivity index (χ1v) is 8.61. The van der Waals surface area contributed by atoms with Gasteiger partial charge in [0.25, 0.3) is 0 Å². The molecule has 1 aliphatic rings. The Balaban J connectivity index is 2.10. The molecule has 0 radical (unpaired) electrons. The Labute approximate surface area is 129 Å². The minimum absolute atomic E-state index is 0.135. The minimum Gasteiger partial charge on any atom is -0.319 e. The average Bonchev–Trinajstić information content (AvgIpc) is 2.37. The normalized spacial score (nSPS) is 20.4. The molecule has 1 unspecified atom stereocenters. The van der Waals surface area contributed by atoms with E-state index in [1.54, 1.807) is 0 Å². The van der Waals surface area contributed by atoms with Gasteiger partial charge in [0, 0.05) is 18.1 Å². The van der Waals surface area contributed by atoms with E-state index in [1.807, 2.05) is 7.05 Å². The van der Waals surface area contributed by atoms with Crippen molar-refractivity contribution >= 4 is 27.5 Å². The lowest BCUT2D eigenvalue weighted by Gasteiger charge is -2.31. The Hall–Kier alpha value is -0.890. The van der Waals surface area contributed by atoms with Gasteiger partial charge in [-0.15, -0.1) is 0 Å². The lowest BCUT2D eigenvalue weighted by molar-refractivity contribution is 0.264. The summed E-state index contributed by atoms with van der Waals surface area (Å²) in [5.74, 6) is -0.289. The molecule has 8 heteroatoms. The summed E-state index contributed by atoms with van der Waals surface area (Å²) in [6.45, 7) is 1.70. The van der Waals surface area contributed by atoms with E-state index in [2.05, 4.69) is 10.0 Å². The second-order valence-corrected chi connectivity index (χ2v) is 7.30. The van der Waals surface area contributed by atoms with Crippen molar-refractivity contribution in [2.24, 2.45) is 5.92 Å². The summed E-state index contributed by atoms with van der Waals surface area (Å²) in [7, 11) is -1.84. The molecule has 1 aliphatic heterocycles. The summed E-state index contributed by atoms with van der Waals surface area (Å²) in [5.41, 5.74) is 0.135. The Kier molecular flexibility index (Phi) is 5.43. The van der Waals surface area contributed by atoms with Gasteiger partial charge in [0.2, 0.25) is 0 Å². The van der Waals surface area contributed by atoms with Gasteiger partial charge in [0.05, 0.1) is 5.69 Å². The first-order valence-electron chi connectivity index (χ1n) is 6.79. The molecule has 1 aromatic rings. The van der Waals surface area contributed by atoms with E-state index in [-0.39, 0.29) is 16.6 Å². The molecule has 1 saturated heterocycles. The van der Waals surface area contributed by atoms with E-state index < -0.39 is 16.0 Å².